The van der Waals surface area contributed by atoms with Crippen LogP contribution in [0.1, 0.15) is 32.7 Å². The summed E-state index contributed by atoms with van der Waals surface area (Å²) >= 11 is 0. The Labute approximate surface area is 166 Å². The predicted octanol–water partition coefficient (Wildman–Crippen LogP) is 2.90. The second-order valence-electron chi connectivity index (χ2n) is 6.85. The third kappa shape index (κ3) is 3.81. The van der Waals surface area contributed by atoms with E-state index in [9.17, 15) is 14.7 Å². The summed E-state index contributed by atoms with van der Waals surface area (Å²) in [6, 6.07) is 16.3. The predicted molar refractivity (Wildman–Crippen MR) is 111 cm³/mol. The molecule has 2 aromatic heterocycles. The lowest BCUT2D eigenvalue weighted by molar-refractivity contribution is 0.102. The number of fused-ring (bicyclic) bond motifs is 1. The van der Waals surface area contributed by atoms with E-state index < -0.39 is 0 Å². The van der Waals surface area contributed by atoms with Gasteiger partial charge in [-0.3, -0.25) is 24.8 Å². The van der Waals surface area contributed by atoms with Crippen molar-refractivity contribution in [1.82, 2.24) is 15.2 Å². The minimum absolute atomic E-state index is 0.0584. The number of hydrogen-bond acceptors (Lipinski definition) is 4. The number of aliphatic hydroxyl groups is 1. The lowest BCUT2D eigenvalue weighted by atomic mass is 9.96. The number of carbonyl (C=O) groups is 1. The molecule has 0 saturated heterocycles. The molecule has 0 aliphatic heterocycles. The number of aromatic amines is 2. The fourth-order valence-electron chi connectivity index (χ4n) is 3.48. The van der Waals surface area contributed by atoms with Gasteiger partial charge in [-0.15, -0.1) is 0 Å². The summed E-state index contributed by atoms with van der Waals surface area (Å²) in [5.74, 6) is 0.00103. The second kappa shape index (κ2) is 7.73. The molecule has 0 spiro atoms. The minimum Gasteiger partial charge on any atom is -0.392 e. The Bertz CT molecular complexity index is 1260. The molecule has 2 aromatic carbocycles. The van der Waals surface area contributed by atoms with Gasteiger partial charge in [-0.05, 0) is 35.7 Å². The van der Waals surface area contributed by atoms with E-state index in [4.69, 9.17) is 0 Å². The van der Waals surface area contributed by atoms with E-state index in [-0.39, 0.29) is 18.1 Å². The molecule has 0 bridgehead atoms. The SMILES string of the molecule is Cc1cc(CO)c2cccc(Cc3ccccc3C(=O)Nc3cc(=O)[nH][nH]3)c2n1. The molecule has 4 N–H and O–H groups in total. The number of rotatable bonds is 5. The van der Waals surface area contributed by atoms with E-state index in [2.05, 4.69) is 20.5 Å². The number of carbonyl (C=O) groups excluding carboxylic acids is 1. The first-order chi connectivity index (χ1) is 14.0. The summed E-state index contributed by atoms with van der Waals surface area (Å²) < 4.78 is 0. The Kier molecular flexibility index (Phi) is 4.97. The van der Waals surface area contributed by atoms with Gasteiger partial charge in [0, 0.05) is 29.1 Å². The quantitative estimate of drug-likeness (QED) is 0.421. The molecule has 0 aliphatic carbocycles. The number of aromatic nitrogens is 3. The van der Waals surface area contributed by atoms with E-state index in [0.717, 1.165) is 33.3 Å². The summed E-state index contributed by atoms with van der Waals surface area (Å²) in [7, 11) is 0. The van der Waals surface area contributed by atoms with Crippen molar-refractivity contribution in [2.45, 2.75) is 20.0 Å². The average molecular weight is 388 g/mol. The van der Waals surface area contributed by atoms with Crippen molar-refractivity contribution in [2.24, 2.45) is 0 Å². The number of H-pyrrole nitrogens is 2. The highest BCUT2D eigenvalue weighted by molar-refractivity contribution is 6.05. The van der Waals surface area contributed by atoms with Crippen molar-refractivity contribution in [3.8, 4) is 0 Å². The first kappa shape index (κ1) is 18.6. The smallest absolute Gasteiger partial charge is 0.266 e. The number of amides is 1. The molecule has 4 rings (SSSR count). The molecule has 2 heterocycles. The Morgan fingerprint density at radius 1 is 1.03 bits per heavy atom. The van der Waals surface area contributed by atoms with Gasteiger partial charge in [0.15, 0.2) is 0 Å². The first-order valence-corrected chi connectivity index (χ1v) is 9.21. The monoisotopic (exact) mass is 388 g/mol. The molecule has 146 valence electrons. The topological polar surface area (TPSA) is 111 Å². The molecule has 7 nitrogen and oxygen atoms in total. The molecule has 0 radical (unpaired) electrons. The van der Waals surface area contributed by atoms with Gasteiger partial charge in [0.05, 0.1) is 12.1 Å². The lowest BCUT2D eigenvalue weighted by Crippen LogP contribution is -2.15. The van der Waals surface area contributed by atoms with Gasteiger partial charge in [0.1, 0.15) is 5.82 Å². The number of aliphatic hydroxyl groups excluding tert-OH is 1. The average Bonchev–Trinajstić information content (AvgIpc) is 3.12. The number of benzene rings is 2. The zero-order chi connectivity index (χ0) is 20.4. The zero-order valence-electron chi connectivity index (χ0n) is 15.8. The molecule has 0 atom stereocenters. The summed E-state index contributed by atoms with van der Waals surface area (Å²) in [4.78, 5) is 28.7. The molecule has 0 unspecified atom stereocenters. The van der Waals surface area contributed by atoms with Gasteiger partial charge in [0.25, 0.3) is 11.5 Å². The molecule has 29 heavy (non-hydrogen) atoms. The Morgan fingerprint density at radius 3 is 2.59 bits per heavy atom. The van der Waals surface area contributed by atoms with Gasteiger partial charge >= 0.3 is 0 Å². The minimum atomic E-state index is -0.314. The third-order valence-electron chi connectivity index (χ3n) is 4.79. The highest BCUT2D eigenvalue weighted by Gasteiger charge is 2.15. The third-order valence-corrected chi connectivity index (χ3v) is 4.79. The maximum atomic E-state index is 12.8. The maximum Gasteiger partial charge on any atom is 0.266 e. The van der Waals surface area contributed by atoms with Crippen LogP contribution >= 0.6 is 0 Å². The van der Waals surface area contributed by atoms with Crippen molar-refractivity contribution in [3.63, 3.8) is 0 Å². The summed E-state index contributed by atoms with van der Waals surface area (Å²) in [5, 5.41) is 18.3. The van der Waals surface area contributed by atoms with Gasteiger partial charge in [-0.25, -0.2) is 0 Å². The van der Waals surface area contributed by atoms with Crippen LogP contribution in [0.2, 0.25) is 0 Å². The largest absolute Gasteiger partial charge is 0.392 e. The first-order valence-electron chi connectivity index (χ1n) is 9.21. The van der Waals surface area contributed by atoms with E-state index in [0.29, 0.717) is 17.8 Å². The lowest BCUT2D eigenvalue weighted by Gasteiger charge is -2.13. The van der Waals surface area contributed by atoms with Crippen LogP contribution in [0.4, 0.5) is 5.82 Å². The molecule has 0 aliphatic rings. The molecule has 0 saturated carbocycles. The van der Waals surface area contributed by atoms with Crippen LogP contribution in [0.25, 0.3) is 10.9 Å². The van der Waals surface area contributed by atoms with Crippen LogP contribution in [0.5, 0.6) is 0 Å². The Hall–Kier alpha value is -3.71. The number of nitrogens with zero attached hydrogens (tertiary/aromatic N) is 1. The number of pyridine rings is 1. The Balaban J connectivity index is 1.71. The van der Waals surface area contributed by atoms with E-state index >= 15 is 0 Å². The van der Waals surface area contributed by atoms with Gasteiger partial charge in [-0.2, -0.15) is 0 Å². The van der Waals surface area contributed by atoms with Crippen LogP contribution in [0.15, 0.2) is 59.4 Å². The van der Waals surface area contributed by atoms with Gasteiger partial charge in [0.2, 0.25) is 0 Å². The molecular formula is C22H20N4O3. The van der Waals surface area contributed by atoms with E-state index in [1.54, 1.807) is 12.1 Å². The maximum absolute atomic E-state index is 12.8. The number of nitrogens with one attached hydrogen (secondary N) is 3. The van der Waals surface area contributed by atoms with Crippen LogP contribution in [-0.4, -0.2) is 26.2 Å². The van der Waals surface area contributed by atoms with Crippen molar-refractivity contribution in [1.29, 1.82) is 0 Å². The standard InChI is InChI=1S/C22H20N4O3/c1-13-9-16(12-27)17-8-4-6-15(21(17)23-13)10-14-5-2-3-7-18(14)22(29)24-19-11-20(28)26-25-19/h2-9,11,27H,10,12H2,1H3,(H3,24,25,26,28,29). The van der Waals surface area contributed by atoms with Crippen molar-refractivity contribution >= 4 is 22.6 Å². The van der Waals surface area contributed by atoms with Crippen molar-refractivity contribution < 1.29 is 9.90 Å². The van der Waals surface area contributed by atoms with E-state index in [1.807, 2.05) is 43.3 Å². The summed E-state index contributed by atoms with van der Waals surface area (Å²) in [5.41, 5.74) is 4.49. The number of anilines is 1. The van der Waals surface area contributed by atoms with Gasteiger partial charge in [-0.1, -0.05) is 36.4 Å². The van der Waals surface area contributed by atoms with Crippen molar-refractivity contribution in [2.75, 3.05) is 5.32 Å². The van der Waals surface area contributed by atoms with Crippen LogP contribution in [0.3, 0.4) is 0 Å². The van der Waals surface area contributed by atoms with Crippen LogP contribution in [-0.2, 0) is 13.0 Å². The summed E-state index contributed by atoms with van der Waals surface area (Å²) in [6.07, 6.45) is 0.506. The normalized spacial score (nSPS) is 11.0. The Morgan fingerprint density at radius 2 is 1.83 bits per heavy atom. The summed E-state index contributed by atoms with van der Waals surface area (Å²) in [6.45, 7) is 1.84. The fourth-order valence-corrected chi connectivity index (χ4v) is 3.48. The van der Waals surface area contributed by atoms with E-state index in [1.165, 1.54) is 6.07 Å². The highest BCUT2D eigenvalue weighted by atomic mass is 16.3. The molecule has 1 amide bonds. The second-order valence-corrected chi connectivity index (χ2v) is 6.85. The molecular weight excluding hydrogens is 368 g/mol. The molecule has 4 aromatic rings. The molecule has 0 fully saturated rings. The van der Waals surface area contributed by atoms with Crippen LogP contribution in [0, 0.1) is 6.92 Å². The van der Waals surface area contributed by atoms with Crippen molar-refractivity contribution in [3.05, 3.63) is 92.9 Å². The number of para-hydroxylation sites is 1. The molecule has 7 heteroatoms. The number of aryl methyl sites for hydroxylation is 1. The highest BCUT2D eigenvalue weighted by Crippen LogP contribution is 2.25. The van der Waals surface area contributed by atoms with Gasteiger partial charge < -0.3 is 10.4 Å². The van der Waals surface area contributed by atoms with Crippen LogP contribution < -0.4 is 10.9 Å². The fraction of sp³-hybridized carbons (Fsp3) is 0.136. The number of hydrogen-bond donors (Lipinski definition) is 4. The zero-order valence-corrected chi connectivity index (χ0v) is 15.8.